The monoisotopic (exact) mass is 374 g/mol. The molecule has 0 aliphatic carbocycles. The van der Waals surface area contributed by atoms with Gasteiger partial charge in [-0.2, -0.15) is 0 Å². The van der Waals surface area contributed by atoms with E-state index in [-0.39, 0.29) is 5.56 Å². The lowest BCUT2D eigenvalue weighted by molar-refractivity contribution is 0.122. The Bertz CT molecular complexity index is 815. The van der Waals surface area contributed by atoms with Crippen molar-refractivity contribution in [3.63, 3.8) is 0 Å². The lowest BCUT2D eigenvalue weighted by Gasteiger charge is -2.27. The van der Waals surface area contributed by atoms with Gasteiger partial charge in [0.2, 0.25) is 5.95 Å². The second kappa shape index (κ2) is 7.78. The summed E-state index contributed by atoms with van der Waals surface area (Å²) in [5.74, 6) is 0.684. The Labute approximate surface area is 157 Å². The van der Waals surface area contributed by atoms with Gasteiger partial charge in [-0.25, -0.2) is 4.98 Å². The second-order valence-electron chi connectivity index (χ2n) is 6.82. The van der Waals surface area contributed by atoms with Gasteiger partial charge in [-0.1, -0.05) is 23.7 Å². The molecule has 2 aliphatic rings. The average molecular weight is 375 g/mol. The van der Waals surface area contributed by atoms with Crippen LogP contribution in [0.5, 0.6) is 0 Å². The maximum Gasteiger partial charge on any atom is 0.255 e. The van der Waals surface area contributed by atoms with Crippen molar-refractivity contribution in [1.29, 1.82) is 0 Å². The molecular weight excluding hydrogens is 352 g/mol. The molecule has 6 nitrogen and oxygen atoms in total. The predicted molar refractivity (Wildman–Crippen MR) is 102 cm³/mol. The van der Waals surface area contributed by atoms with E-state index < -0.39 is 0 Å². The third kappa shape index (κ3) is 3.92. The van der Waals surface area contributed by atoms with Crippen LogP contribution in [-0.2, 0) is 24.1 Å². The lowest BCUT2D eigenvalue weighted by Crippen LogP contribution is -2.38. The van der Waals surface area contributed by atoms with Crippen LogP contribution in [-0.4, -0.2) is 54.3 Å². The van der Waals surface area contributed by atoms with Crippen molar-refractivity contribution >= 4 is 17.5 Å². The molecule has 0 radical (unpaired) electrons. The molecule has 26 heavy (non-hydrogen) atoms. The zero-order valence-corrected chi connectivity index (χ0v) is 15.5. The number of nitrogens with one attached hydrogen (secondary N) is 1. The fourth-order valence-electron chi connectivity index (χ4n) is 3.57. The quantitative estimate of drug-likeness (QED) is 0.888. The van der Waals surface area contributed by atoms with E-state index in [1.165, 1.54) is 5.56 Å². The van der Waals surface area contributed by atoms with E-state index in [4.69, 9.17) is 21.3 Å². The van der Waals surface area contributed by atoms with Crippen LogP contribution < -0.4 is 10.5 Å². The number of nitrogens with zero attached hydrogens (tertiary/aromatic N) is 3. The van der Waals surface area contributed by atoms with Gasteiger partial charge in [-0.15, -0.1) is 0 Å². The van der Waals surface area contributed by atoms with Crippen LogP contribution in [0.2, 0.25) is 5.02 Å². The first-order chi connectivity index (χ1) is 12.7. The minimum atomic E-state index is 0.00448. The molecule has 0 spiro atoms. The van der Waals surface area contributed by atoms with Crippen molar-refractivity contribution in [2.45, 2.75) is 19.4 Å². The van der Waals surface area contributed by atoms with Crippen LogP contribution in [0.4, 0.5) is 5.95 Å². The Morgan fingerprint density at radius 2 is 1.81 bits per heavy atom. The highest BCUT2D eigenvalue weighted by Gasteiger charge is 2.21. The number of rotatable bonds is 3. The number of anilines is 1. The van der Waals surface area contributed by atoms with Gasteiger partial charge in [0.15, 0.2) is 0 Å². The molecule has 7 heteroatoms. The molecule has 1 aromatic carbocycles. The normalized spacial score (nSPS) is 18.4. The second-order valence-corrected chi connectivity index (χ2v) is 7.25. The number of H-pyrrole nitrogens is 1. The molecule has 0 unspecified atom stereocenters. The summed E-state index contributed by atoms with van der Waals surface area (Å²) in [5, 5.41) is 0.753. The van der Waals surface area contributed by atoms with Gasteiger partial charge in [0.05, 0.1) is 18.9 Å². The topological polar surface area (TPSA) is 61.5 Å². The number of aromatic amines is 1. The first-order valence-corrected chi connectivity index (χ1v) is 9.48. The van der Waals surface area contributed by atoms with Crippen molar-refractivity contribution in [1.82, 2.24) is 14.9 Å². The highest BCUT2D eigenvalue weighted by Crippen LogP contribution is 2.17. The Hall–Kier alpha value is -1.89. The van der Waals surface area contributed by atoms with E-state index >= 15 is 0 Å². The predicted octanol–water partition coefficient (Wildman–Crippen LogP) is 1.86. The largest absolute Gasteiger partial charge is 0.378 e. The molecule has 4 rings (SSSR count). The summed E-state index contributed by atoms with van der Waals surface area (Å²) >= 11 is 5.97. The van der Waals surface area contributed by atoms with Crippen LogP contribution in [0.3, 0.4) is 0 Å². The first kappa shape index (κ1) is 17.5. The summed E-state index contributed by atoms with van der Waals surface area (Å²) in [6.45, 7) is 5.51. The molecule has 0 amide bonds. The molecule has 1 fully saturated rings. The SMILES string of the molecule is O=c1[nH]c(N2CCOCC2)nc2c1CCN(Cc1ccc(Cl)cc1)CC2. The number of halogens is 1. The number of benzene rings is 1. The van der Waals surface area contributed by atoms with Crippen LogP contribution in [0.1, 0.15) is 16.8 Å². The number of hydrogen-bond donors (Lipinski definition) is 1. The first-order valence-electron chi connectivity index (χ1n) is 9.10. The van der Waals surface area contributed by atoms with Gasteiger partial charge < -0.3 is 9.64 Å². The fourth-order valence-corrected chi connectivity index (χ4v) is 3.70. The van der Waals surface area contributed by atoms with Crippen molar-refractivity contribution in [2.75, 3.05) is 44.3 Å². The summed E-state index contributed by atoms with van der Waals surface area (Å²) < 4.78 is 5.39. The van der Waals surface area contributed by atoms with Gasteiger partial charge in [-0.3, -0.25) is 14.7 Å². The molecule has 1 aromatic heterocycles. The standard InChI is InChI=1S/C19H23ClN4O2/c20-15-3-1-14(2-4-15)13-23-7-5-16-17(6-8-23)21-19(22-18(16)25)24-9-11-26-12-10-24/h1-4H,5-13H2,(H,21,22,25). The van der Waals surface area contributed by atoms with E-state index in [2.05, 4.69) is 26.9 Å². The molecule has 0 atom stereocenters. The van der Waals surface area contributed by atoms with Crippen molar-refractivity contribution < 1.29 is 4.74 Å². The smallest absolute Gasteiger partial charge is 0.255 e. The van der Waals surface area contributed by atoms with Crippen LogP contribution in [0, 0.1) is 0 Å². The fraction of sp³-hybridized carbons (Fsp3) is 0.474. The number of morpholine rings is 1. The van der Waals surface area contributed by atoms with E-state index in [1.807, 2.05) is 12.1 Å². The number of aromatic nitrogens is 2. The van der Waals surface area contributed by atoms with Gasteiger partial charge in [0, 0.05) is 49.7 Å². The average Bonchev–Trinajstić information content (AvgIpc) is 2.87. The van der Waals surface area contributed by atoms with E-state index in [0.717, 1.165) is 61.8 Å². The zero-order chi connectivity index (χ0) is 17.9. The maximum atomic E-state index is 12.6. The molecule has 0 bridgehead atoms. The van der Waals surface area contributed by atoms with Gasteiger partial charge in [0.25, 0.3) is 5.56 Å². The summed E-state index contributed by atoms with van der Waals surface area (Å²) in [7, 11) is 0. The third-order valence-corrected chi connectivity index (χ3v) is 5.31. The molecule has 2 aromatic rings. The zero-order valence-electron chi connectivity index (χ0n) is 14.7. The van der Waals surface area contributed by atoms with Crippen molar-refractivity contribution in [3.8, 4) is 0 Å². The van der Waals surface area contributed by atoms with Gasteiger partial charge in [0.1, 0.15) is 0 Å². The summed E-state index contributed by atoms with van der Waals surface area (Å²) in [6, 6.07) is 7.96. The lowest BCUT2D eigenvalue weighted by atomic mass is 10.1. The minimum absolute atomic E-state index is 0.00448. The van der Waals surface area contributed by atoms with Crippen molar-refractivity contribution in [3.05, 3.63) is 56.5 Å². The summed E-state index contributed by atoms with van der Waals surface area (Å²) in [5.41, 5.74) is 3.01. The van der Waals surface area contributed by atoms with E-state index in [1.54, 1.807) is 0 Å². The van der Waals surface area contributed by atoms with E-state index in [9.17, 15) is 4.79 Å². The van der Waals surface area contributed by atoms with Crippen LogP contribution in [0.25, 0.3) is 0 Å². The minimum Gasteiger partial charge on any atom is -0.378 e. The van der Waals surface area contributed by atoms with Gasteiger partial charge in [-0.05, 0) is 24.1 Å². The molecule has 2 aliphatic heterocycles. The summed E-state index contributed by atoms with van der Waals surface area (Å²) in [4.78, 5) is 24.8. The highest BCUT2D eigenvalue weighted by molar-refractivity contribution is 6.30. The molecular formula is C19H23ClN4O2. The summed E-state index contributed by atoms with van der Waals surface area (Å²) in [6.07, 6.45) is 1.53. The number of ether oxygens (including phenoxy) is 1. The Morgan fingerprint density at radius 3 is 2.58 bits per heavy atom. The van der Waals surface area contributed by atoms with Crippen molar-refractivity contribution in [2.24, 2.45) is 0 Å². The maximum absolute atomic E-state index is 12.6. The molecule has 138 valence electrons. The van der Waals surface area contributed by atoms with E-state index in [0.29, 0.717) is 19.2 Å². The molecule has 3 heterocycles. The van der Waals surface area contributed by atoms with Crippen LogP contribution >= 0.6 is 11.6 Å². The Balaban J connectivity index is 1.49. The molecule has 0 saturated carbocycles. The molecule has 1 saturated heterocycles. The number of hydrogen-bond acceptors (Lipinski definition) is 5. The van der Waals surface area contributed by atoms with Gasteiger partial charge >= 0.3 is 0 Å². The Kier molecular flexibility index (Phi) is 5.24. The Morgan fingerprint density at radius 1 is 1.08 bits per heavy atom. The van der Waals surface area contributed by atoms with Crippen LogP contribution in [0.15, 0.2) is 29.1 Å². The molecule has 1 N–H and O–H groups in total. The third-order valence-electron chi connectivity index (χ3n) is 5.06. The highest BCUT2D eigenvalue weighted by atomic mass is 35.5. The number of fused-ring (bicyclic) bond motifs is 1.